The lowest BCUT2D eigenvalue weighted by atomic mass is 10.0. The van der Waals surface area contributed by atoms with Gasteiger partial charge in [-0.1, -0.05) is 27.7 Å². The van der Waals surface area contributed by atoms with E-state index in [0.717, 1.165) is 18.7 Å². The van der Waals surface area contributed by atoms with Crippen LogP contribution in [-0.4, -0.2) is 30.5 Å². The molecule has 3 nitrogen and oxygen atoms in total. The minimum absolute atomic E-state index is 0.00227. The van der Waals surface area contributed by atoms with Gasteiger partial charge < -0.3 is 11.1 Å². The molecule has 17 heavy (non-hydrogen) atoms. The van der Waals surface area contributed by atoms with Gasteiger partial charge in [-0.2, -0.15) is 11.8 Å². The number of hydrogen-bond acceptors (Lipinski definition) is 3. The average Bonchev–Trinajstić information content (AvgIpc) is 2.63. The molecule has 1 rings (SSSR count). The van der Waals surface area contributed by atoms with Crippen molar-refractivity contribution in [3.8, 4) is 0 Å². The molecule has 0 aromatic rings. The summed E-state index contributed by atoms with van der Waals surface area (Å²) in [4.78, 5) is 11.8. The molecule has 1 atom stereocenters. The Hall–Kier alpha value is -0.220. The van der Waals surface area contributed by atoms with E-state index in [2.05, 4.69) is 33.0 Å². The summed E-state index contributed by atoms with van der Waals surface area (Å²) in [6.07, 6.45) is 2.78. The third-order valence-electron chi connectivity index (χ3n) is 4.77. The maximum absolute atomic E-state index is 11.8. The molecule has 1 aliphatic carbocycles. The van der Waals surface area contributed by atoms with Crippen molar-refractivity contribution in [1.29, 1.82) is 0 Å². The molecule has 0 bridgehead atoms. The Morgan fingerprint density at radius 2 is 1.88 bits per heavy atom. The van der Waals surface area contributed by atoms with Crippen molar-refractivity contribution in [2.75, 3.05) is 18.6 Å². The van der Waals surface area contributed by atoms with Crippen LogP contribution in [-0.2, 0) is 4.79 Å². The predicted octanol–water partition coefficient (Wildman–Crippen LogP) is 1.87. The average molecular weight is 258 g/mol. The van der Waals surface area contributed by atoms with Crippen LogP contribution in [0.15, 0.2) is 0 Å². The first kappa shape index (κ1) is 14.8. The second-order valence-electron chi connectivity index (χ2n) is 6.13. The third kappa shape index (κ3) is 2.97. The van der Waals surface area contributed by atoms with E-state index >= 15 is 0 Å². The summed E-state index contributed by atoms with van der Waals surface area (Å²) in [5.74, 6) is 1.50. The molecule has 1 amide bonds. The first-order valence-corrected chi connectivity index (χ1v) is 7.66. The highest BCUT2D eigenvalue weighted by Crippen LogP contribution is 2.67. The van der Waals surface area contributed by atoms with Gasteiger partial charge in [0.25, 0.3) is 0 Å². The Morgan fingerprint density at radius 1 is 1.35 bits per heavy atom. The molecular formula is C13H26N2OS. The Labute approximate surface area is 109 Å². The maximum atomic E-state index is 11.8. The molecule has 0 spiro atoms. The van der Waals surface area contributed by atoms with Crippen LogP contribution in [0.3, 0.4) is 0 Å². The van der Waals surface area contributed by atoms with Gasteiger partial charge in [0, 0.05) is 6.54 Å². The van der Waals surface area contributed by atoms with Gasteiger partial charge in [0.15, 0.2) is 0 Å². The fraction of sp³-hybridized carbons (Fsp3) is 0.923. The van der Waals surface area contributed by atoms with Gasteiger partial charge in [0.05, 0.1) is 6.04 Å². The first-order valence-electron chi connectivity index (χ1n) is 6.27. The Kier molecular flexibility index (Phi) is 4.53. The zero-order valence-corrected chi connectivity index (χ0v) is 12.5. The number of rotatable bonds is 6. The van der Waals surface area contributed by atoms with E-state index < -0.39 is 0 Å². The smallest absolute Gasteiger partial charge is 0.236 e. The molecule has 0 radical (unpaired) electrons. The lowest BCUT2D eigenvalue weighted by Crippen LogP contribution is -2.42. The largest absolute Gasteiger partial charge is 0.354 e. The van der Waals surface area contributed by atoms with Crippen LogP contribution >= 0.6 is 11.8 Å². The maximum Gasteiger partial charge on any atom is 0.236 e. The standard InChI is InChI=1S/C13H26N2OS/c1-12(2)10(13(12,3)4)8-15-11(16)9(14)6-7-17-5/h9-10H,6-8,14H2,1-5H3,(H,15,16)/t9-/m0/s1. The predicted molar refractivity (Wildman–Crippen MR) is 75.0 cm³/mol. The van der Waals surface area contributed by atoms with Crippen LogP contribution in [0.4, 0.5) is 0 Å². The lowest BCUT2D eigenvalue weighted by Gasteiger charge is -2.12. The molecule has 100 valence electrons. The molecule has 4 heteroatoms. The van der Waals surface area contributed by atoms with E-state index in [4.69, 9.17) is 5.73 Å². The van der Waals surface area contributed by atoms with Crippen molar-refractivity contribution in [2.24, 2.45) is 22.5 Å². The monoisotopic (exact) mass is 258 g/mol. The number of carbonyl (C=O) groups excluding carboxylic acids is 1. The SMILES string of the molecule is CSCC[C@H](N)C(=O)NCC1C(C)(C)C1(C)C. The van der Waals surface area contributed by atoms with E-state index in [1.54, 1.807) is 11.8 Å². The van der Waals surface area contributed by atoms with Crippen LogP contribution in [0.2, 0.25) is 0 Å². The van der Waals surface area contributed by atoms with E-state index in [9.17, 15) is 4.79 Å². The zero-order valence-electron chi connectivity index (χ0n) is 11.7. The molecule has 0 aromatic heterocycles. The fourth-order valence-corrected chi connectivity index (χ4v) is 3.04. The van der Waals surface area contributed by atoms with E-state index in [-0.39, 0.29) is 11.9 Å². The molecule has 3 N–H and O–H groups in total. The molecule has 1 saturated carbocycles. The molecule has 0 saturated heterocycles. The molecule has 0 aromatic carbocycles. The number of amides is 1. The minimum atomic E-state index is -0.354. The summed E-state index contributed by atoms with van der Waals surface area (Å²) in [6, 6.07) is -0.354. The summed E-state index contributed by atoms with van der Waals surface area (Å²) in [7, 11) is 0. The van der Waals surface area contributed by atoms with Crippen molar-refractivity contribution in [2.45, 2.75) is 40.2 Å². The Bertz CT molecular complexity index is 275. The Morgan fingerprint density at radius 3 is 2.29 bits per heavy atom. The molecule has 0 unspecified atom stereocenters. The van der Waals surface area contributed by atoms with Crippen LogP contribution in [0, 0.1) is 16.7 Å². The number of nitrogens with two attached hydrogens (primary N) is 1. The highest BCUT2D eigenvalue weighted by molar-refractivity contribution is 7.98. The normalized spacial score (nSPS) is 23.2. The fourth-order valence-electron chi connectivity index (χ4n) is 2.55. The van der Waals surface area contributed by atoms with E-state index in [1.807, 2.05) is 6.26 Å². The highest BCUT2D eigenvalue weighted by atomic mass is 32.2. The summed E-state index contributed by atoms with van der Waals surface area (Å²) < 4.78 is 0. The summed E-state index contributed by atoms with van der Waals surface area (Å²) in [6.45, 7) is 9.80. The van der Waals surface area contributed by atoms with Crippen molar-refractivity contribution >= 4 is 17.7 Å². The minimum Gasteiger partial charge on any atom is -0.354 e. The second-order valence-corrected chi connectivity index (χ2v) is 7.11. The summed E-state index contributed by atoms with van der Waals surface area (Å²) >= 11 is 1.72. The highest BCUT2D eigenvalue weighted by Gasteiger charge is 2.64. The van der Waals surface area contributed by atoms with Crippen LogP contribution in [0.1, 0.15) is 34.1 Å². The number of carbonyl (C=O) groups is 1. The zero-order chi connectivity index (χ0) is 13.3. The van der Waals surface area contributed by atoms with Crippen molar-refractivity contribution in [1.82, 2.24) is 5.32 Å². The molecule has 0 heterocycles. The number of hydrogen-bond donors (Lipinski definition) is 2. The van der Waals surface area contributed by atoms with Gasteiger partial charge in [-0.3, -0.25) is 4.79 Å². The summed E-state index contributed by atoms with van der Waals surface area (Å²) in [5, 5.41) is 2.99. The van der Waals surface area contributed by atoms with Gasteiger partial charge >= 0.3 is 0 Å². The van der Waals surface area contributed by atoms with Gasteiger partial charge in [-0.25, -0.2) is 0 Å². The van der Waals surface area contributed by atoms with Crippen molar-refractivity contribution < 1.29 is 4.79 Å². The summed E-state index contributed by atoms with van der Waals surface area (Å²) in [5.41, 5.74) is 6.47. The van der Waals surface area contributed by atoms with Crippen LogP contribution in [0.5, 0.6) is 0 Å². The third-order valence-corrected chi connectivity index (χ3v) is 5.41. The van der Waals surface area contributed by atoms with E-state index in [1.165, 1.54) is 0 Å². The van der Waals surface area contributed by atoms with Gasteiger partial charge in [-0.05, 0) is 35.2 Å². The van der Waals surface area contributed by atoms with E-state index in [0.29, 0.717) is 16.7 Å². The molecular weight excluding hydrogens is 232 g/mol. The molecule has 1 fully saturated rings. The van der Waals surface area contributed by atoms with Crippen molar-refractivity contribution in [3.05, 3.63) is 0 Å². The van der Waals surface area contributed by atoms with Crippen molar-refractivity contribution in [3.63, 3.8) is 0 Å². The van der Waals surface area contributed by atoms with Gasteiger partial charge in [0.1, 0.15) is 0 Å². The topological polar surface area (TPSA) is 55.1 Å². The second kappa shape index (κ2) is 5.19. The van der Waals surface area contributed by atoms with Gasteiger partial charge in [-0.15, -0.1) is 0 Å². The number of thioether (sulfide) groups is 1. The Balaban J connectivity index is 2.31. The van der Waals surface area contributed by atoms with Crippen LogP contribution in [0.25, 0.3) is 0 Å². The molecule has 1 aliphatic rings. The first-order chi connectivity index (χ1) is 7.75. The quantitative estimate of drug-likeness (QED) is 0.764. The number of nitrogens with one attached hydrogen (secondary N) is 1. The van der Waals surface area contributed by atoms with Gasteiger partial charge in [0.2, 0.25) is 5.91 Å². The molecule has 0 aliphatic heterocycles. The lowest BCUT2D eigenvalue weighted by molar-refractivity contribution is -0.122. The van der Waals surface area contributed by atoms with Crippen LogP contribution < -0.4 is 11.1 Å².